The standard InChI is InChI=1S/C14H18O10/c1-23-14(13(22)11(20)10(19)8(4-15)24-14)12(21)5-2-6(16)9(18)7(17)3-5/h2-3,8,10-11,13,15-20,22H,4H2,1H3/t8?,10-,11+,13-,14+/m0/s1. The lowest BCUT2D eigenvalue weighted by molar-refractivity contribution is -0.330. The van der Waals surface area contributed by atoms with Crippen LogP contribution in [-0.4, -0.2) is 85.4 Å². The Morgan fingerprint density at radius 1 is 1.17 bits per heavy atom. The molecule has 1 aromatic rings. The Hall–Kier alpha value is -1.95. The van der Waals surface area contributed by atoms with Gasteiger partial charge in [-0.3, -0.25) is 4.79 Å². The fourth-order valence-electron chi connectivity index (χ4n) is 2.53. The van der Waals surface area contributed by atoms with E-state index >= 15 is 0 Å². The summed E-state index contributed by atoms with van der Waals surface area (Å²) in [5.41, 5.74) is -0.413. The van der Waals surface area contributed by atoms with Gasteiger partial charge in [0.1, 0.15) is 24.4 Å². The number of aromatic hydroxyl groups is 3. The number of methoxy groups -OCH3 is 1. The molecule has 7 N–H and O–H groups in total. The summed E-state index contributed by atoms with van der Waals surface area (Å²) in [7, 11) is 0.986. The van der Waals surface area contributed by atoms with Crippen LogP contribution in [-0.2, 0) is 9.47 Å². The zero-order valence-electron chi connectivity index (χ0n) is 12.5. The Morgan fingerprint density at radius 2 is 1.71 bits per heavy atom. The van der Waals surface area contributed by atoms with Crippen molar-refractivity contribution in [3.63, 3.8) is 0 Å². The molecule has 0 spiro atoms. The number of aliphatic hydroxyl groups excluding tert-OH is 4. The van der Waals surface area contributed by atoms with E-state index in [0.717, 1.165) is 19.2 Å². The number of carbonyl (C=O) groups is 1. The zero-order chi connectivity index (χ0) is 18.2. The molecular weight excluding hydrogens is 328 g/mol. The Labute approximate surface area is 135 Å². The summed E-state index contributed by atoms with van der Waals surface area (Å²) >= 11 is 0. The van der Waals surface area contributed by atoms with Gasteiger partial charge in [0.2, 0.25) is 5.78 Å². The van der Waals surface area contributed by atoms with Gasteiger partial charge in [-0.1, -0.05) is 0 Å². The Bertz CT molecular complexity index is 607. The third kappa shape index (κ3) is 2.69. The van der Waals surface area contributed by atoms with Crippen LogP contribution >= 0.6 is 0 Å². The first-order chi connectivity index (χ1) is 11.2. The highest BCUT2D eigenvalue weighted by Gasteiger charge is 2.58. The van der Waals surface area contributed by atoms with Crippen LogP contribution in [0.1, 0.15) is 10.4 Å². The van der Waals surface area contributed by atoms with Crippen LogP contribution in [0.3, 0.4) is 0 Å². The Balaban J connectivity index is 2.50. The number of hydrogen-bond donors (Lipinski definition) is 7. The van der Waals surface area contributed by atoms with Gasteiger partial charge in [-0.15, -0.1) is 0 Å². The summed E-state index contributed by atoms with van der Waals surface area (Å²) in [5, 5.41) is 67.3. The van der Waals surface area contributed by atoms with Gasteiger partial charge >= 0.3 is 0 Å². The molecule has 134 valence electrons. The molecule has 5 atom stereocenters. The fourth-order valence-corrected chi connectivity index (χ4v) is 2.53. The van der Waals surface area contributed by atoms with Gasteiger partial charge in [0.15, 0.2) is 17.2 Å². The lowest BCUT2D eigenvalue weighted by atomic mass is 9.87. The number of ether oxygens (including phenoxy) is 2. The summed E-state index contributed by atoms with van der Waals surface area (Å²) in [6.45, 7) is -0.782. The molecule has 1 aromatic carbocycles. The molecule has 1 fully saturated rings. The number of ketones is 1. The van der Waals surface area contributed by atoms with Crippen LogP contribution in [0, 0.1) is 0 Å². The number of rotatable bonds is 4. The van der Waals surface area contributed by atoms with Crippen LogP contribution in [0.4, 0.5) is 0 Å². The molecule has 1 saturated heterocycles. The van der Waals surface area contributed by atoms with Gasteiger partial charge in [0.25, 0.3) is 5.79 Å². The van der Waals surface area contributed by atoms with Gasteiger partial charge in [0.05, 0.1) is 6.61 Å². The highest BCUT2D eigenvalue weighted by molar-refractivity contribution is 6.03. The molecule has 0 amide bonds. The van der Waals surface area contributed by atoms with Gasteiger partial charge in [0, 0.05) is 12.7 Å². The van der Waals surface area contributed by atoms with Crippen molar-refractivity contribution in [1.29, 1.82) is 0 Å². The minimum absolute atomic E-state index is 0.413. The van der Waals surface area contributed by atoms with Crippen molar-refractivity contribution in [1.82, 2.24) is 0 Å². The molecular formula is C14H18O10. The maximum atomic E-state index is 12.7. The van der Waals surface area contributed by atoms with Crippen LogP contribution in [0.25, 0.3) is 0 Å². The molecule has 10 heteroatoms. The second-order valence-corrected chi connectivity index (χ2v) is 5.33. The number of carbonyl (C=O) groups excluding carboxylic acids is 1. The van der Waals surface area contributed by atoms with Gasteiger partial charge < -0.3 is 45.2 Å². The number of benzene rings is 1. The molecule has 24 heavy (non-hydrogen) atoms. The third-order valence-corrected chi connectivity index (χ3v) is 3.90. The molecule has 0 aromatic heterocycles. The quantitative estimate of drug-likeness (QED) is 0.234. The van der Waals surface area contributed by atoms with E-state index in [0.29, 0.717) is 0 Å². The highest BCUT2D eigenvalue weighted by atomic mass is 16.7. The van der Waals surface area contributed by atoms with E-state index in [9.17, 15) is 40.5 Å². The Kier molecular flexibility index (Phi) is 4.99. The molecule has 1 aliphatic heterocycles. The first-order valence-electron chi connectivity index (χ1n) is 6.87. The topological polar surface area (TPSA) is 177 Å². The van der Waals surface area contributed by atoms with E-state index in [1.807, 2.05) is 0 Å². The molecule has 10 nitrogen and oxygen atoms in total. The summed E-state index contributed by atoms with van der Waals surface area (Å²) in [6.07, 6.45) is -7.03. The van der Waals surface area contributed by atoms with Crippen LogP contribution < -0.4 is 0 Å². The SMILES string of the molecule is CO[C@]1(C(=O)c2cc(O)c(O)c(O)c2)OC(CO)[C@H](O)[C@@H](O)[C@@H]1O. The summed E-state index contributed by atoms with van der Waals surface area (Å²) in [5.74, 6) is -6.11. The number of hydrogen-bond acceptors (Lipinski definition) is 10. The minimum Gasteiger partial charge on any atom is -0.504 e. The molecule has 1 heterocycles. The minimum atomic E-state index is -2.51. The van der Waals surface area contributed by atoms with Crippen molar-refractivity contribution in [3.05, 3.63) is 17.7 Å². The highest BCUT2D eigenvalue weighted by Crippen LogP contribution is 2.39. The van der Waals surface area contributed by atoms with E-state index in [1.165, 1.54) is 0 Å². The molecule has 1 unspecified atom stereocenters. The first-order valence-corrected chi connectivity index (χ1v) is 6.87. The van der Waals surface area contributed by atoms with Gasteiger partial charge in [-0.25, -0.2) is 0 Å². The molecule has 2 rings (SSSR count). The van der Waals surface area contributed by atoms with Crippen molar-refractivity contribution in [2.24, 2.45) is 0 Å². The maximum Gasteiger partial charge on any atom is 0.263 e. The molecule has 0 saturated carbocycles. The van der Waals surface area contributed by atoms with Crippen molar-refractivity contribution in [3.8, 4) is 17.2 Å². The van der Waals surface area contributed by atoms with Crippen LogP contribution in [0.5, 0.6) is 17.2 Å². The molecule has 0 bridgehead atoms. The smallest absolute Gasteiger partial charge is 0.263 e. The van der Waals surface area contributed by atoms with E-state index in [4.69, 9.17) is 9.47 Å². The molecule has 1 aliphatic rings. The predicted molar refractivity (Wildman–Crippen MR) is 75.5 cm³/mol. The van der Waals surface area contributed by atoms with Crippen molar-refractivity contribution >= 4 is 5.78 Å². The maximum absolute atomic E-state index is 12.7. The first kappa shape index (κ1) is 18.4. The number of phenols is 3. The molecule has 0 radical (unpaired) electrons. The summed E-state index contributed by atoms with van der Waals surface area (Å²) < 4.78 is 10.1. The number of aliphatic hydroxyl groups is 4. The number of phenolic OH excluding ortho intramolecular Hbond substituents is 3. The average molecular weight is 346 g/mol. The lowest BCUT2D eigenvalue weighted by Gasteiger charge is -2.46. The van der Waals surface area contributed by atoms with Gasteiger partial charge in [-0.2, -0.15) is 0 Å². The largest absolute Gasteiger partial charge is 0.504 e. The normalized spacial score (nSPS) is 33.4. The Morgan fingerprint density at radius 3 is 2.17 bits per heavy atom. The second kappa shape index (κ2) is 6.51. The van der Waals surface area contributed by atoms with E-state index in [-0.39, 0.29) is 0 Å². The van der Waals surface area contributed by atoms with E-state index in [1.54, 1.807) is 0 Å². The van der Waals surface area contributed by atoms with Crippen LogP contribution in [0.2, 0.25) is 0 Å². The van der Waals surface area contributed by atoms with Crippen molar-refractivity contribution < 1.29 is 50.0 Å². The van der Waals surface area contributed by atoms with Crippen molar-refractivity contribution in [2.45, 2.75) is 30.2 Å². The lowest BCUT2D eigenvalue weighted by Crippen LogP contribution is -2.68. The number of Topliss-reactive ketones (excluding diaryl/α,β-unsaturated/α-hetero) is 1. The third-order valence-electron chi connectivity index (χ3n) is 3.90. The van der Waals surface area contributed by atoms with Crippen LogP contribution in [0.15, 0.2) is 12.1 Å². The van der Waals surface area contributed by atoms with E-state index < -0.39 is 65.4 Å². The zero-order valence-corrected chi connectivity index (χ0v) is 12.5. The summed E-state index contributed by atoms with van der Waals surface area (Å²) in [6, 6.07) is 1.58. The average Bonchev–Trinajstić information content (AvgIpc) is 2.57. The fraction of sp³-hybridized carbons (Fsp3) is 0.500. The van der Waals surface area contributed by atoms with Crippen molar-refractivity contribution in [2.75, 3.05) is 13.7 Å². The molecule has 0 aliphatic carbocycles. The van der Waals surface area contributed by atoms with Gasteiger partial charge in [-0.05, 0) is 12.1 Å². The predicted octanol–water partition coefficient (Wildman–Crippen LogP) is -2.20. The second-order valence-electron chi connectivity index (χ2n) is 5.33. The monoisotopic (exact) mass is 346 g/mol. The summed E-state index contributed by atoms with van der Waals surface area (Å²) in [4.78, 5) is 12.7. The van der Waals surface area contributed by atoms with E-state index in [2.05, 4.69) is 0 Å².